The molecule has 0 spiro atoms. The van der Waals surface area contributed by atoms with Gasteiger partial charge in [0.2, 0.25) is 0 Å². The highest BCUT2D eigenvalue weighted by Crippen LogP contribution is 2.16. The van der Waals surface area contributed by atoms with E-state index < -0.39 is 0 Å². The van der Waals surface area contributed by atoms with Gasteiger partial charge in [-0.15, -0.1) is 0 Å². The van der Waals surface area contributed by atoms with Gasteiger partial charge in [0.15, 0.2) is 0 Å². The molecule has 0 saturated carbocycles. The van der Waals surface area contributed by atoms with Gasteiger partial charge >= 0.3 is 0 Å². The van der Waals surface area contributed by atoms with Gasteiger partial charge in [-0.05, 0) is 39.9 Å². The molecule has 0 aliphatic carbocycles. The van der Waals surface area contributed by atoms with E-state index in [1.54, 1.807) is 0 Å². The summed E-state index contributed by atoms with van der Waals surface area (Å²) in [6, 6.07) is 1.96. The van der Waals surface area contributed by atoms with Gasteiger partial charge in [0, 0.05) is 12.4 Å². The fourth-order valence-electron chi connectivity index (χ4n) is 1.17. The molecule has 12 heavy (non-hydrogen) atoms. The first-order valence-electron chi connectivity index (χ1n) is 4.31. The molecule has 1 N–H and O–H groups in total. The summed E-state index contributed by atoms with van der Waals surface area (Å²) in [6.07, 6.45) is 4.92. The molecular weight excluding hydrogens is 150 g/mol. The van der Waals surface area contributed by atoms with Crippen LogP contribution in [0.2, 0.25) is 0 Å². The van der Waals surface area contributed by atoms with E-state index in [0.29, 0.717) is 0 Å². The molecule has 3 heteroatoms. The quantitative estimate of drug-likeness (QED) is 0.731. The monoisotopic (exact) mass is 167 g/mol. The Morgan fingerprint density at radius 3 is 2.75 bits per heavy atom. The van der Waals surface area contributed by atoms with E-state index >= 15 is 0 Å². The second kappa shape index (κ2) is 3.72. The van der Waals surface area contributed by atoms with Gasteiger partial charge in [0.1, 0.15) is 0 Å². The first-order valence-corrected chi connectivity index (χ1v) is 4.31. The highest BCUT2D eigenvalue weighted by Gasteiger charge is 2.18. The molecule has 0 aliphatic heterocycles. The van der Waals surface area contributed by atoms with Crippen molar-refractivity contribution in [1.82, 2.24) is 15.1 Å². The highest BCUT2D eigenvalue weighted by molar-refractivity contribution is 4.86. The van der Waals surface area contributed by atoms with Crippen molar-refractivity contribution in [3.63, 3.8) is 0 Å². The summed E-state index contributed by atoms with van der Waals surface area (Å²) in [5, 5.41) is 7.37. The fraction of sp³-hybridized carbons (Fsp3) is 0.667. The van der Waals surface area contributed by atoms with Gasteiger partial charge in [-0.2, -0.15) is 5.10 Å². The van der Waals surface area contributed by atoms with Crippen LogP contribution in [0.25, 0.3) is 0 Å². The van der Waals surface area contributed by atoms with Crippen molar-refractivity contribution in [2.45, 2.75) is 25.8 Å². The third-order valence-corrected chi connectivity index (χ3v) is 2.11. The van der Waals surface area contributed by atoms with Crippen LogP contribution in [-0.2, 0) is 5.54 Å². The molecule has 0 unspecified atom stereocenters. The minimum absolute atomic E-state index is 0.118. The van der Waals surface area contributed by atoms with E-state index in [2.05, 4.69) is 24.3 Å². The van der Waals surface area contributed by atoms with Crippen molar-refractivity contribution < 1.29 is 0 Å². The van der Waals surface area contributed by atoms with Crippen LogP contribution in [-0.4, -0.2) is 23.4 Å². The summed E-state index contributed by atoms with van der Waals surface area (Å²) in [7, 11) is 1.97. The lowest BCUT2D eigenvalue weighted by Gasteiger charge is -2.25. The van der Waals surface area contributed by atoms with E-state index in [-0.39, 0.29) is 5.54 Å². The van der Waals surface area contributed by atoms with Gasteiger partial charge in [0.05, 0.1) is 5.54 Å². The van der Waals surface area contributed by atoms with Crippen LogP contribution in [0.15, 0.2) is 18.5 Å². The van der Waals surface area contributed by atoms with Crippen LogP contribution >= 0.6 is 0 Å². The van der Waals surface area contributed by atoms with Gasteiger partial charge in [-0.25, -0.2) is 0 Å². The number of hydrogen-bond donors (Lipinski definition) is 1. The lowest BCUT2D eigenvalue weighted by molar-refractivity contribution is 0.293. The normalized spacial score (nSPS) is 11.9. The van der Waals surface area contributed by atoms with Crippen molar-refractivity contribution in [3.8, 4) is 0 Å². The van der Waals surface area contributed by atoms with Crippen molar-refractivity contribution in [1.29, 1.82) is 0 Å². The average Bonchev–Trinajstić information content (AvgIpc) is 2.53. The maximum Gasteiger partial charge on any atom is 0.0583 e. The van der Waals surface area contributed by atoms with Crippen LogP contribution in [0.4, 0.5) is 0 Å². The molecular formula is C9H17N3. The van der Waals surface area contributed by atoms with E-state index in [4.69, 9.17) is 0 Å². The van der Waals surface area contributed by atoms with Crippen molar-refractivity contribution >= 4 is 0 Å². The molecule has 0 amide bonds. The number of nitrogens with zero attached hydrogens (tertiary/aromatic N) is 2. The third-order valence-electron chi connectivity index (χ3n) is 2.11. The molecule has 3 nitrogen and oxygen atoms in total. The lowest BCUT2D eigenvalue weighted by Crippen LogP contribution is -2.30. The maximum atomic E-state index is 4.23. The van der Waals surface area contributed by atoms with Crippen molar-refractivity contribution in [3.05, 3.63) is 18.5 Å². The Balaban J connectivity index is 2.59. The molecule has 0 saturated heterocycles. The fourth-order valence-corrected chi connectivity index (χ4v) is 1.17. The molecule has 1 aromatic rings. The summed E-state index contributed by atoms with van der Waals surface area (Å²) >= 11 is 0. The largest absolute Gasteiger partial charge is 0.320 e. The highest BCUT2D eigenvalue weighted by atomic mass is 15.3. The summed E-state index contributed by atoms with van der Waals surface area (Å²) in [4.78, 5) is 0. The Labute approximate surface area is 73.8 Å². The SMILES string of the molecule is CNCCC(C)(C)n1cccn1. The summed E-state index contributed by atoms with van der Waals surface area (Å²) in [6.45, 7) is 5.40. The molecule has 1 heterocycles. The van der Waals surface area contributed by atoms with Crippen LogP contribution in [0.1, 0.15) is 20.3 Å². The van der Waals surface area contributed by atoms with Crippen LogP contribution in [0, 0.1) is 0 Å². The maximum absolute atomic E-state index is 4.23. The van der Waals surface area contributed by atoms with E-state index in [9.17, 15) is 0 Å². The molecule has 1 aromatic heterocycles. The smallest absolute Gasteiger partial charge is 0.0583 e. The Morgan fingerprint density at radius 1 is 1.50 bits per heavy atom. The molecule has 0 aliphatic rings. The number of aromatic nitrogens is 2. The number of nitrogens with one attached hydrogen (secondary N) is 1. The standard InChI is InChI=1S/C9H17N3/c1-9(2,5-7-10-3)12-8-4-6-11-12/h4,6,8,10H,5,7H2,1-3H3. The van der Waals surface area contributed by atoms with E-state index in [1.165, 1.54) is 0 Å². The predicted octanol–water partition coefficient (Wildman–Crippen LogP) is 1.23. The second-order valence-electron chi connectivity index (χ2n) is 3.62. The number of rotatable bonds is 4. The van der Waals surface area contributed by atoms with Crippen LogP contribution < -0.4 is 5.32 Å². The van der Waals surface area contributed by atoms with Gasteiger partial charge in [-0.3, -0.25) is 4.68 Å². The van der Waals surface area contributed by atoms with Gasteiger partial charge in [0.25, 0.3) is 0 Å². The molecule has 0 aromatic carbocycles. The van der Waals surface area contributed by atoms with Gasteiger partial charge in [-0.1, -0.05) is 0 Å². The Kier molecular flexibility index (Phi) is 2.87. The Hall–Kier alpha value is -0.830. The molecule has 0 bridgehead atoms. The zero-order valence-corrected chi connectivity index (χ0v) is 8.04. The van der Waals surface area contributed by atoms with Crippen LogP contribution in [0.5, 0.6) is 0 Å². The molecule has 0 radical (unpaired) electrons. The molecule has 0 fully saturated rings. The topological polar surface area (TPSA) is 29.9 Å². The Morgan fingerprint density at radius 2 is 2.25 bits per heavy atom. The molecule has 0 atom stereocenters. The van der Waals surface area contributed by atoms with Gasteiger partial charge < -0.3 is 5.32 Å². The first kappa shape index (κ1) is 9.26. The molecule has 1 rings (SSSR count). The predicted molar refractivity (Wildman–Crippen MR) is 50.1 cm³/mol. The first-order chi connectivity index (χ1) is 5.67. The minimum Gasteiger partial charge on any atom is -0.320 e. The zero-order chi connectivity index (χ0) is 9.03. The average molecular weight is 167 g/mol. The van der Waals surface area contributed by atoms with E-state index in [1.807, 2.05) is 30.2 Å². The van der Waals surface area contributed by atoms with E-state index in [0.717, 1.165) is 13.0 Å². The second-order valence-corrected chi connectivity index (χ2v) is 3.62. The van der Waals surface area contributed by atoms with Crippen LogP contribution in [0.3, 0.4) is 0 Å². The summed E-state index contributed by atoms with van der Waals surface area (Å²) in [5.74, 6) is 0. The van der Waals surface area contributed by atoms with Crippen molar-refractivity contribution in [2.24, 2.45) is 0 Å². The number of hydrogen-bond acceptors (Lipinski definition) is 2. The third kappa shape index (κ3) is 2.08. The lowest BCUT2D eigenvalue weighted by atomic mass is 10.0. The minimum atomic E-state index is 0.118. The summed E-state index contributed by atoms with van der Waals surface area (Å²) < 4.78 is 2.00. The summed E-state index contributed by atoms with van der Waals surface area (Å²) in [5.41, 5.74) is 0.118. The van der Waals surface area contributed by atoms with Crippen molar-refractivity contribution in [2.75, 3.05) is 13.6 Å². The molecule has 68 valence electrons. The Bertz CT molecular complexity index is 214. The zero-order valence-electron chi connectivity index (χ0n) is 8.04.